The maximum absolute atomic E-state index is 10.9. The summed E-state index contributed by atoms with van der Waals surface area (Å²) in [7, 11) is 0. The van der Waals surface area contributed by atoms with Crippen LogP contribution in [-0.4, -0.2) is 41.2 Å². The lowest BCUT2D eigenvalue weighted by Gasteiger charge is -2.18. The highest BCUT2D eigenvalue weighted by molar-refractivity contribution is 5.48. The minimum Gasteiger partial charge on any atom is -0.485 e. The molecule has 0 aliphatic carbocycles. The van der Waals surface area contributed by atoms with Gasteiger partial charge in [0.25, 0.3) is 0 Å². The molecule has 0 aliphatic rings. The number of nitro groups is 1. The topological polar surface area (TPSA) is 75.8 Å². The van der Waals surface area contributed by atoms with Gasteiger partial charge in [-0.3, -0.25) is 10.1 Å². The zero-order valence-corrected chi connectivity index (χ0v) is 11.3. The van der Waals surface area contributed by atoms with Crippen LogP contribution in [0.1, 0.15) is 19.4 Å². The summed E-state index contributed by atoms with van der Waals surface area (Å²) < 4.78 is 5.47. The van der Waals surface area contributed by atoms with E-state index in [2.05, 4.69) is 18.7 Å². The number of benzene rings is 1. The summed E-state index contributed by atoms with van der Waals surface area (Å²) in [6, 6.07) is 4.50. The van der Waals surface area contributed by atoms with Crippen LogP contribution in [0, 0.1) is 10.1 Å². The van der Waals surface area contributed by atoms with Crippen molar-refractivity contribution < 1.29 is 14.8 Å². The lowest BCUT2D eigenvalue weighted by molar-refractivity contribution is -0.386. The third-order valence-corrected chi connectivity index (χ3v) is 2.96. The van der Waals surface area contributed by atoms with E-state index in [1.165, 1.54) is 12.1 Å². The number of ether oxygens (including phenoxy) is 1. The molecule has 106 valence electrons. The molecule has 1 aromatic carbocycles. The van der Waals surface area contributed by atoms with Crippen molar-refractivity contribution >= 4 is 5.69 Å². The number of aliphatic hydroxyl groups excluding tert-OH is 1. The van der Waals surface area contributed by atoms with Crippen LogP contribution in [-0.2, 0) is 6.61 Å². The van der Waals surface area contributed by atoms with E-state index in [9.17, 15) is 10.1 Å². The van der Waals surface area contributed by atoms with E-state index in [4.69, 9.17) is 9.84 Å². The van der Waals surface area contributed by atoms with E-state index in [-0.39, 0.29) is 18.0 Å². The predicted molar refractivity (Wildman–Crippen MR) is 72.3 cm³/mol. The number of hydrogen-bond acceptors (Lipinski definition) is 5. The molecule has 19 heavy (non-hydrogen) atoms. The van der Waals surface area contributed by atoms with Crippen LogP contribution in [0.5, 0.6) is 5.75 Å². The molecule has 0 heterocycles. The highest BCUT2D eigenvalue weighted by Gasteiger charge is 2.16. The molecule has 0 fully saturated rings. The molecule has 1 aromatic rings. The number of rotatable bonds is 8. The van der Waals surface area contributed by atoms with Gasteiger partial charge in [-0.15, -0.1) is 0 Å². The Morgan fingerprint density at radius 2 is 2.05 bits per heavy atom. The fourth-order valence-electron chi connectivity index (χ4n) is 1.75. The monoisotopic (exact) mass is 268 g/mol. The normalized spacial score (nSPS) is 10.7. The van der Waals surface area contributed by atoms with Crippen LogP contribution in [0.2, 0.25) is 0 Å². The fourth-order valence-corrected chi connectivity index (χ4v) is 1.75. The zero-order chi connectivity index (χ0) is 14.3. The Hall–Kier alpha value is -1.66. The molecule has 0 spiro atoms. The standard InChI is InChI=1S/C13H20N2O4/c1-3-14(4-2)7-8-19-13-6-5-11(10-16)9-12(13)15(17)18/h5-6,9,16H,3-4,7-8,10H2,1-2H3. The van der Waals surface area contributed by atoms with E-state index >= 15 is 0 Å². The molecule has 1 N–H and O–H groups in total. The first kappa shape index (κ1) is 15.4. The van der Waals surface area contributed by atoms with Gasteiger partial charge in [0, 0.05) is 12.6 Å². The molecule has 0 unspecified atom stereocenters. The average Bonchev–Trinajstić information content (AvgIpc) is 2.43. The highest BCUT2D eigenvalue weighted by atomic mass is 16.6. The van der Waals surface area contributed by atoms with Gasteiger partial charge >= 0.3 is 5.69 Å². The highest BCUT2D eigenvalue weighted by Crippen LogP contribution is 2.27. The van der Waals surface area contributed by atoms with Gasteiger partial charge in [-0.2, -0.15) is 0 Å². The van der Waals surface area contributed by atoms with Gasteiger partial charge in [0.1, 0.15) is 6.61 Å². The van der Waals surface area contributed by atoms with Crippen molar-refractivity contribution in [1.29, 1.82) is 0 Å². The lowest BCUT2D eigenvalue weighted by atomic mass is 10.2. The van der Waals surface area contributed by atoms with Gasteiger partial charge < -0.3 is 14.7 Å². The molecule has 0 aromatic heterocycles. The van der Waals surface area contributed by atoms with Crippen molar-refractivity contribution in [2.75, 3.05) is 26.2 Å². The van der Waals surface area contributed by atoms with Gasteiger partial charge in [0.2, 0.25) is 0 Å². The van der Waals surface area contributed by atoms with Gasteiger partial charge in [0.15, 0.2) is 5.75 Å². The zero-order valence-electron chi connectivity index (χ0n) is 11.3. The van der Waals surface area contributed by atoms with Gasteiger partial charge in [-0.25, -0.2) is 0 Å². The summed E-state index contributed by atoms with van der Waals surface area (Å²) in [4.78, 5) is 12.6. The number of nitrogens with zero attached hydrogens (tertiary/aromatic N) is 2. The van der Waals surface area contributed by atoms with Crippen LogP contribution in [0.3, 0.4) is 0 Å². The second-order valence-corrected chi connectivity index (χ2v) is 4.09. The quantitative estimate of drug-likeness (QED) is 0.575. The van der Waals surface area contributed by atoms with Crippen LogP contribution in [0.4, 0.5) is 5.69 Å². The molecule has 0 aliphatic heterocycles. The fraction of sp³-hybridized carbons (Fsp3) is 0.538. The smallest absolute Gasteiger partial charge is 0.311 e. The first-order valence-electron chi connectivity index (χ1n) is 6.35. The molecular formula is C13H20N2O4. The van der Waals surface area contributed by atoms with Crippen molar-refractivity contribution in [3.8, 4) is 5.75 Å². The summed E-state index contributed by atoms with van der Waals surface area (Å²) in [5.41, 5.74) is 0.397. The summed E-state index contributed by atoms with van der Waals surface area (Å²) >= 11 is 0. The predicted octanol–water partition coefficient (Wildman–Crippen LogP) is 1.81. The average molecular weight is 268 g/mol. The Labute approximate surface area is 112 Å². The summed E-state index contributed by atoms with van der Waals surface area (Å²) in [5.74, 6) is 0.245. The second-order valence-electron chi connectivity index (χ2n) is 4.09. The van der Waals surface area contributed by atoms with Gasteiger partial charge in [-0.1, -0.05) is 19.9 Å². The Morgan fingerprint density at radius 1 is 1.37 bits per heavy atom. The maximum atomic E-state index is 10.9. The van der Waals surface area contributed by atoms with Gasteiger partial charge in [-0.05, 0) is 24.7 Å². The summed E-state index contributed by atoms with van der Waals surface area (Å²) in [6.07, 6.45) is 0. The number of hydrogen-bond donors (Lipinski definition) is 1. The van der Waals surface area contributed by atoms with Crippen molar-refractivity contribution in [3.63, 3.8) is 0 Å². The van der Waals surface area contributed by atoms with Crippen molar-refractivity contribution in [2.24, 2.45) is 0 Å². The minimum atomic E-state index is -0.494. The first-order valence-corrected chi connectivity index (χ1v) is 6.35. The van der Waals surface area contributed by atoms with E-state index in [1.807, 2.05) is 0 Å². The molecule has 0 atom stereocenters. The molecular weight excluding hydrogens is 248 g/mol. The Bertz CT molecular complexity index is 419. The summed E-state index contributed by atoms with van der Waals surface area (Å²) in [5, 5.41) is 19.9. The van der Waals surface area contributed by atoms with E-state index in [0.29, 0.717) is 12.2 Å². The number of aliphatic hydroxyl groups is 1. The molecule has 0 radical (unpaired) electrons. The molecule has 6 nitrogen and oxygen atoms in total. The molecule has 0 saturated carbocycles. The first-order chi connectivity index (χ1) is 9.12. The second kappa shape index (κ2) is 7.70. The van der Waals surface area contributed by atoms with E-state index in [1.54, 1.807) is 6.07 Å². The van der Waals surface area contributed by atoms with E-state index < -0.39 is 4.92 Å². The minimum absolute atomic E-state index is 0.105. The molecule has 0 amide bonds. The van der Waals surface area contributed by atoms with Crippen molar-refractivity contribution in [2.45, 2.75) is 20.5 Å². The Balaban J connectivity index is 2.69. The number of nitro benzene ring substituents is 1. The SMILES string of the molecule is CCN(CC)CCOc1ccc(CO)cc1[N+](=O)[O-]. The van der Waals surface area contributed by atoms with Crippen LogP contribution < -0.4 is 4.74 Å². The largest absolute Gasteiger partial charge is 0.485 e. The summed E-state index contributed by atoms with van der Waals surface area (Å²) in [6.45, 7) is 6.87. The van der Waals surface area contributed by atoms with Gasteiger partial charge in [0.05, 0.1) is 11.5 Å². The van der Waals surface area contributed by atoms with Crippen LogP contribution >= 0.6 is 0 Å². The Morgan fingerprint density at radius 3 is 2.58 bits per heavy atom. The van der Waals surface area contributed by atoms with Crippen LogP contribution in [0.25, 0.3) is 0 Å². The van der Waals surface area contributed by atoms with Crippen molar-refractivity contribution in [1.82, 2.24) is 4.90 Å². The van der Waals surface area contributed by atoms with E-state index in [0.717, 1.165) is 19.6 Å². The third kappa shape index (κ3) is 4.50. The third-order valence-electron chi connectivity index (χ3n) is 2.96. The molecule has 1 rings (SSSR count). The number of likely N-dealkylation sites (N-methyl/N-ethyl adjacent to an activating group) is 1. The molecule has 0 bridgehead atoms. The Kier molecular flexibility index (Phi) is 6.24. The van der Waals surface area contributed by atoms with Crippen LogP contribution in [0.15, 0.2) is 18.2 Å². The maximum Gasteiger partial charge on any atom is 0.311 e. The molecule has 0 saturated heterocycles. The van der Waals surface area contributed by atoms with Crippen molar-refractivity contribution in [3.05, 3.63) is 33.9 Å². The lowest BCUT2D eigenvalue weighted by Crippen LogP contribution is -2.28. The molecule has 6 heteroatoms.